The molecule has 0 aliphatic carbocycles. The number of hydrogen-bond donors (Lipinski definition) is 1. The quantitative estimate of drug-likeness (QED) is 0.716. The molecule has 0 bridgehead atoms. The highest BCUT2D eigenvalue weighted by Crippen LogP contribution is 2.29. The molecule has 0 saturated carbocycles. The maximum Gasteiger partial charge on any atom is 0.120 e. The molecule has 0 fully saturated rings. The summed E-state index contributed by atoms with van der Waals surface area (Å²) < 4.78 is 5.55. The van der Waals surface area contributed by atoms with Crippen LogP contribution in [-0.4, -0.2) is 6.54 Å². The van der Waals surface area contributed by atoms with Gasteiger partial charge in [0.15, 0.2) is 0 Å². The number of hydrogen-bond acceptors (Lipinski definition) is 2. The van der Waals surface area contributed by atoms with Gasteiger partial charge in [-0.1, -0.05) is 40.0 Å². The van der Waals surface area contributed by atoms with Crippen molar-refractivity contribution in [2.24, 2.45) is 5.92 Å². The zero-order valence-electron chi connectivity index (χ0n) is 10.8. The van der Waals surface area contributed by atoms with Gasteiger partial charge in [0.2, 0.25) is 0 Å². The van der Waals surface area contributed by atoms with Crippen LogP contribution in [0.3, 0.4) is 0 Å². The van der Waals surface area contributed by atoms with Crippen LogP contribution in [0.15, 0.2) is 22.8 Å². The Morgan fingerprint density at radius 1 is 1.31 bits per heavy atom. The van der Waals surface area contributed by atoms with Crippen molar-refractivity contribution in [3.05, 3.63) is 24.2 Å². The van der Waals surface area contributed by atoms with Gasteiger partial charge in [0.1, 0.15) is 5.76 Å². The molecule has 2 atom stereocenters. The second-order valence-corrected chi connectivity index (χ2v) is 4.36. The normalized spacial score (nSPS) is 14.9. The van der Waals surface area contributed by atoms with Crippen molar-refractivity contribution in [1.82, 2.24) is 5.32 Å². The molecule has 0 aliphatic rings. The van der Waals surface area contributed by atoms with Gasteiger partial charge in [-0.25, -0.2) is 0 Å². The van der Waals surface area contributed by atoms with E-state index < -0.39 is 0 Å². The summed E-state index contributed by atoms with van der Waals surface area (Å²) in [5, 5.41) is 3.55. The summed E-state index contributed by atoms with van der Waals surface area (Å²) in [4.78, 5) is 0. The molecule has 2 heteroatoms. The molecule has 0 aromatic carbocycles. The smallest absolute Gasteiger partial charge is 0.120 e. The Balaban J connectivity index is 2.66. The van der Waals surface area contributed by atoms with Gasteiger partial charge in [-0.2, -0.15) is 0 Å². The Kier molecular flexibility index (Phi) is 6.24. The second-order valence-electron chi connectivity index (χ2n) is 4.36. The lowest BCUT2D eigenvalue weighted by atomic mass is 9.90. The molecule has 0 spiro atoms. The third kappa shape index (κ3) is 3.67. The average Bonchev–Trinajstić information content (AvgIpc) is 2.82. The van der Waals surface area contributed by atoms with Gasteiger partial charge in [-0.15, -0.1) is 0 Å². The van der Waals surface area contributed by atoms with Crippen LogP contribution in [0, 0.1) is 5.92 Å². The van der Waals surface area contributed by atoms with Crippen LogP contribution < -0.4 is 5.32 Å². The van der Waals surface area contributed by atoms with Gasteiger partial charge >= 0.3 is 0 Å². The van der Waals surface area contributed by atoms with E-state index in [4.69, 9.17) is 4.42 Å². The van der Waals surface area contributed by atoms with E-state index in [-0.39, 0.29) is 0 Å². The van der Waals surface area contributed by atoms with Crippen LogP contribution in [0.4, 0.5) is 0 Å². The maximum absolute atomic E-state index is 5.55. The van der Waals surface area contributed by atoms with E-state index in [9.17, 15) is 0 Å². The van der Waals surface area contributed by atoms with Crippen molar-refractivity contribution < 1.29 is 4.42 Å². The Morgan fingerprint density at radius 3 is 2.62 bits per heavy atom. The summed E-state index contributed by atoms with van der Waals surface area (Å²) in [6.07, 6.45) is 6.84. The zero-order valence-corrected chi connectivity index (χ0v) is 10.8. The van der Waals surface area contributed by atoms with E-state index >= 15 is 0 Å². The molecule has 1 rings (SSSR count). The van der Waals surface area contributed by atoms with Crippen LogP contribution in [0.5, 0.6) is 0 Å². The first-order valence-corrected chi connectivity index (χ1v) is 6.60. The van der Waals surface area contributed by atoms with Gasteiger partial charge in [0.05, 0.1) is 12.3 Å². The molecule has 0 aliphatic heterocycles. The molecule has 92 valence electrons. The second kappa shape index (κ2) is 7.50. The minimum Gasteiger partial charge on any atom is -0.468 e. The highest BCUT2D eigenvalue weighted by atomic mass is 16.3. The van der Waals surface area contributed by atoms with Gasteiger partial charge in [0, 0.05) is 0 Å². The predicted molar refractivity (Wildman–Crippen MR) is 68.4 cm³/mol. The van der Waals surface area contributed by atoms with Gasteiger partial charge in [0.25, 0.3) is 0 Å². The molecular weight excluding hydrogens is 198 g/mol. The highest BCUT2D eigenvalue weighted by Gasteiger charge is 2.22. The van der Waals surface area contributed by atoms with E-state index in [1.54, 1.807) is 6.26 Å². The van der Waals surface area contributed by atoms with Crippen LogP contribution in [-0.2, 0) is 0 Å². The monoisotopic (exact) mass is 223 g/mol. The zero-order chi connectivity index (χ0) is 11.8. The first-order chi connectivity index (χ1) is 7.83. The third-order valence-corrected chi connectivity index (χ3v) is 3.20. The van der Waals surface area contributed by atoms with Crippen molar-refractivity contribution >= 4 is 0 Å². The molecule has 0 saturated heterocycles. The molecule has 0 amide bonds. The summed E-state index contributed by atoms with van der Waals surface area (Å²) >= 11 is 0. The molecule has 2 unspecified atom stereocenters. The van der Waals surface area contributed by atoms with Crippen molar-refractivity contribution in [3.63, 3.8) is 0 Å². The fraction of sp³-hybridized carbons (Fsp3) is 0.714. The summed E-state index contributed by atoms with van der Waals surface area (Å²) in [5.41, 5.74) is 0. The fourth-order valence-electron chi connectivity index (χ4n) is 2.26. The Morgan fingerprint density at radius 2 is 2.12 bits per heavy atom. The Bertz CT molecular complexity index is 256. The van der Waals surface area contributed by atoms with E-state index in [1.165, 1.54) is 25.7 Å². The number of rotatable bonds is 8. The molecular formula is C14H25NO. The minimum absolute atomic E-state index is 0.386. The number of furan rings is 1. The van der Waals surface area contributed by atoms with Gasteiger partial charge in [-0.05, 0) is 31.0 Å². The SMILES string of the molecule is CCCCC(CC)C(NCC)c1ccco1. The molecule has 1 heterocycles. The summed E-state index contributed by atoms with van der Waals surface area (Å²) in [6.45, 7) is 7.67. The number of nitrogens with one attached hydrogen (secondary N) is 1. The van der Waals surface area contributed by atoms with Gasteiger partial charge < -0.3 is 9.73 Å². The lowest BCUT2D eigenvalue weighted by Gasteiger charge is -2.25. The van der Waals surface area contributed by atoms with Crippen molar-refractivity contribution in [2.45, 2.75) is 52.5 Å². The van der Waals surface area contributed by atoms with Crippen LogP contribution >= 0.6 is 0 Å². The van der Waals surface area contributed by atoms with Crippen LogP contribution in [0.1, 0.15) is 58.3 Å². The summed E-state index contributed by atoms with van der Waals surface area (Å²) in [6, 6.07) is 4.45. The van der Waals surface area contributed by atoms with E-state index in [1.807, 2.05) is 6.07 Å². The predicted octanol–water partition coefficient (Wildman–Crippen LogP) is 4.15. The summed E-state index contributed by atoms with van der Waals surface area (Å²) in [5.74, 6) is 1.77. The van der Waals surface area contributed by atoms with Crippen molar-refractivity contribution in [1.29, 1.82) is 0 Å². The van der Waals surface area contributed by atoms with E-state index in [0.717, 1.165) is 12.3 Å². The number of unbranched alkanes of at least 4 members (excludes halogenated alkanes) is 1. The van der Waals surface area contributed by atoms with Crippen LogP contribution in [0.2, 0.25) is 0 Å². The maximum atomic E-state index is 5.55. The fourth-order valence-corrected chi connectivity index (χ4v) is 2.26. The highest BCUT2D eigenvalue weighted by molar-refractivity contribution is 5.05. The molecule has 16 heavy (non-hydrogen) atoms. The lowest BCUT2D eigenvalue weighted by Crippen LogP contribution is -2.27. The van der Waals surface area contributed by atoms with E-state index in [2.05, 4.69) is 32.2 Å². The largest absolute Gasteiger partial charge is 0.468 e. The minimum atomic E-state index is 0.386. The first kappa shape index (κ1) is 13.3. The van der Waals surface area contributed by atoms with Crippen LogP contribution in [0.25, 0.3) is 0 Å². The van der Waals surface area contributed by atoms with E-state index in [0.29, 0.717) is 12.0 Å². The average molecular weight is 223 g/mol. The van der Waals surface area contributed by atoms with Crippen molar-refractivity contribution in [2.75, 3.05) is 6.54 Å². The first-order valence-electron chi connectivity index (χ1n) is 6.60. The molecule has 1 aromatic heterocycles. The summed E-state index contributed by atoms with van der Waals surface area (Å²) in [7, 11) is 0. The van der Waals surface area contributed by atoms with Gasteiger partial charge in [-0.3, -0.25) is 0 Å². The lowest BCUT2D eigenvalue weighted by molar-refractivity contribution is 0.286. The Hall–Kier alpha value is -0.760. The third-order valence-electron chi connectivity index (χ3n) is 3.20. The molecule has 1 N–H and O–H groups in total. The van der Waals surface area contributed by atoms with Crippen molar-refractivity contribution in [3.8, 4) is 0 Å². The standard InChI is InChI=1S/C14H25NO/c1-4-7-9-12(5-2)14(15-6-3)13-10-8-11-16-13/h8,10-12,14-15H,4-7,9H2,1-3H3. The topological polar surface area (TPSA) is 25.2 Å². The molecule has 2 nitrogen and oxygen atoms in total. The Labute approximate surface area is 99.4 Å². The molecule has 0 radical (unpaired) electrons. The molecule has 1 aromatic rings.